The quantitative estimate of drug-likeness (QED) is 0.912. The SMILES string of the molecule is Cc1cc(C)nc(N2CCCC2c2csc(N)n2)n1. The maximum Gasteiger partial charge on any atom is 0.226 e. The molecule has 0 aliphatic carbocycles. The molecular weight excluding hydrogens is 258 g/mol. The molecule has 5 nitrogen and oxygen atoms in total. The highest BCUT2D eigenvalue weighted by Gasteiger charge is 2.29. The molecule has 6 heteroatoms. The van der Waals surface area contributed by atoms with Crippen LogP contribution in [0.5, 0.6) is 0 Å². The molecule has 3 heterocycles. The molecule has 19 heavy (non-hydrogen) atoms. The molecule has 1 aliphatic rings. The zero-order chi connectivity index (χ0) is 13.4. The Hall–Kier alpha value is -1.69. The Bertz CT molecular complexity index is 574. The van der Waals surface area contributed by atoms with Crippen LogP contribution in [-0.2, 0) is 0 Å². The summed E-state index contributed by atoms with van der Waals surface area (Å²) >= 11 is 1.49. The fourth-order valence-corrected chi connectivity index (χ4v) is 3.21. The molecule has 2 aromatic heterocycles. The first-order valence-corrected chi connectivity index (χ1v) is 7.31. The Kier molecular flexibility index (Phi) is 3.10. The summed E-state index contributed by atoms with van der Waals surface area (Å²) in [7, 11) is 0. The van der Waals surface area contributed by atoms with E-state index in [2.05, 4.69) is 19.9 Å². The third-order valence-electron chi connectivity index (χ3n) is 3.36. The number of anilines is 2. The standard InChI is InChI=1S/C13H17N5S/c1-8-6-9(2)16-13(15-8)18-5-3-4-11(18)10-7-19-12(14)17-10/h6-7,11H,3-5H2,1-2H3,(H2,14,17). The highest BCUT2D eigenvalue weighted by atomic mass is 32.1. The summed E-state index contributed by atoms with van der Waals surface area (Å²) in [5.74, 6) is 0.812. The number of aromatic nitrogens is 3. The number of nitrogen functional groups attached to an aromatic ring is 1. The molecule has 1 fully saturated rings. The van der Waals surface area contributed by atoms with Crippen molar-refractivity contribution >= 4 is 22.4 Å². The zero-order valence-corrected chi connectivity index (χ0v) is 11.9. The van der Waals surface area contributed by atoms with Gasteiger partial charge in [-0.2, -0.15) is 0 Å². The molecular formula is C13H17N5S. The first kappa shape index (κ1) is 12.3. The van der Waals surface area contributed by atoms with Crippen molar-refractivity contribution in [1.29, 1.82) is 0 Å². The van der Waals surface area contributed by atoms with Crippen LogP contribution in [-0.4, -0.2) is 21.5 Å². The van der Waals surface area contributed by atoms with Crippen LogP contribution < -0.4 is 10.6 Å². The smallest absolute Gasteiger partial charge is 0.226 e. The van der Waals surface area contributed by atoms with E-state index in [1.807, 2.05) is 25.3 Å². The lowest BCUT2D eigenvalue weighted by atomic mass is 10.2. The van der Waals surface area contributed by atoms with E-state index in [0.29, 0.717) is 5.13 Å². The van der Waals surface area contributed by atoms with Gasteiger partial charge in [0.2, 0.25) is 5.95 Å². The fourth-order valence-electron chi connectivity index (χ4n) is 2.60. The van der Waals surface area contributed by atoms with Gasteiger partial charge < -0.3 is 10.6 Å². The Morgan fingerprint density at radius 3 is 2.63 bits per heavy atom. The summed E-state index contributed by atoms with van der Waals surface area (Å²) in [5.41, 5.74) is 8.79. The number of aryl methyl sites for hydroxylation is 2. The van der Waals surface area contributed by atoms with Crippen molar-refractivity contribution in [1.82, 2.24) is 15.0 Å². The molecule has 0 aromatic carbocycles. The number of hydrogen-bond acceptors (Lipinski definition) is 6. The van der Waals surface area contributed by atoms with Crippen LogP contribution in [0.2, 0.25) is 0 Å². The lowest BCUT2D eigenvalue weighted by molar-refractivity contribution is 0.682. The van der Waals surface area contributed by atoms with Crippen LogP contribution in [0.3, 0.4) is 0 Å². The van der Waals surface area contributed by atoms with Gasteiger partial charge in [-0.25, -0.2) is 15.0 Å². The van der Waals surface area contributed by atoms with Crippen LogP contribution in [0.25, 0.3) is 0 Å². The van der Waals surface area contributed by atoms with E-state index < -0.39 is 0 Å². The first-order valence-electron chi connectivity index (χ1n) is 6.43. The molecule has 0 spiro atoms. The van der Waals surface area contributed by atoms with E-state index in [-0.39, 0.29) is 6.04 Å². The predicted octanol–water partition coefficient (Wildman–Crippen LogP) is 2.47. The summed E-state index contributed by atoms with van der Waals surface area (Å²) in [6.07, 6.45) is 2.22. The van der Waals surface area contributed by atoms with Gasteiger partial charge in [-0.1, -0.05) is 0 Å². The molecule has 3 rings (SSSR count). The van der Waals surface area contributed by atoms with Gasteiger partial charge in [0.15, 0.2) is 5.13 Å². The molecule has 2 N–H and O–H groups in total. The Labute approximate surface area is 116 Å². The van der Waals surface area contributed by atoms with Gasteiger partial charge in [0.1, 0.15) is 0 Å². The van der Waals surface area contributed by atoms with Crippen molar-refractivity contribution in [3.63, 3.8) is 0 Å². The minimum Gasteiger partial charge on any atom is -0.375 e. The van der Waals surface area contributed by atoms with Crippen LogP contribution >= 0.6 is 11.3 Å². The lowest BCUT2D eigenvalue weighted by Gasteiger charge is -2.23. The fraction of sp³-hybridized carbons (Fsp3) is 0.462. The number of nitrogens with two attached hydrogens (primary N) is 1. The first-order chi connectivity index (χ1) is 9.13. The van der Waals surface area contributed by atoms with Gasteiger partial charge in [0.05, 0.1) is 11.7 Å². The van der Waals surface area contributed by atoms with Crippen molar-refractivity contribution in [2.75, 3.05) is 17.2 Å². The molecule has 1 atom stereocenters. The summed E-state index contributed by atoms with van der Waals surface area (Å²) in [5, 5.41) is 2.67. The van der Waals surface area contributed by atoms with E-state index in [1.54, 1.807) is 0 Å². The van der Waals surface area contributed by atoms with Gasteiger partial charge >= 0.3 is 0 Å². The highest BCUT2D eigenvalue weighted by molar-refractivity contribution is 7.13. The van der Waals surface area contributed by atoms with E-state index >= 15 is 0 Å². The van der Waals surface area contributed by atoms with E-state index in [0.717, 1.165) is 42.4 Å². The molecule has 0 saturated carbocycles. The summed E-state index contributed by atoms with van der Waals surface area (Å²) in [6, 6.07) is 2.25. The maximum absolute atomic E-state index is 5.74. The number of thiazole rings is 1. The molecule has 1 unspecified atom stereocenters. The van der Waals surface area contributed by atoms with Crippen molar-refractivity contribution in [3.05, 3.63) is 28.5 Å². The number of rotatable bonds is 2. The van der Waals surface area contributed by atoms with Gasteiger partial charge in [-0.15, -0.1) is 11.3 Å². The predicted molar refractivity (Wildman–Crippen MR) is 77.4 cm³/mol. The Morgan fingerprint density at radius 2 is 2.00 bits per heavy atom. The van der Waals surface area contributed by atoms with Crippen molar-refractivity contribution in [2.45, 2.75) is 32.7 Å². The van der Waals surface area contributed by atoms with Gasteiger partial charge in [-0.3, -0.25) is 0 Å². The molecule has 1 saturated heterocycles. The van der Waals surface area contributed by atoms with E-state index in [4.69, 9.17) is 5.73 Å². The molecule has 0 radical (unpaired) electrons. The normalized spacial score (nSPS) is 19.1. The van der Waals surface area contributed by atoms with Crippen LogP contribution in [0.4, 0.5) is 11.1 Å². The molecule has 0 amide bonds. The van der Waals surface area contributed by atoms with E-state index in [9.17, 15) is 0 Å². The minimum absolute atomic E-state index is 0.259. The zero-order valence-electron chi connectivity index (χ0n) is 11.1. The van der Waals surface area contributed by atoms with Gasteiger partial charge in [0.25, 0.3) is 0 Å². The third-order valence-corrected chi connectivity index (χ3v) is 4.05. The highest BCUT2D eigenvalue weighted by Crippen LogP contribution is 2.35. The third kappa shape index (κ3) is 2.40. The van der Waals surface area contributed by atoms with Crippen LogP contribution in [0, 0.1) is 13.8 Å². The second kappa shape index (κ2) is 4.77. The van der Waals surface area contributed by atoms with E-state index in [1.165, 1.54) is 11.3 Å². The maximum atomic E-state index is 5.74. The van der Waals surface area contributed by atoms with Crippen LogP contribution in [0.15, 0.2) is 11.4 Å². The largest absolute Gasteiger partial charge is 0.375 e. The molecule has 1 aliphatic heterocycles. The topological polar surface area (TPSA) is 67.9 Å². The van der Waals surface area contributed by atoms with Gasteiger partial charge in [-0.05, 0) is 32.8 Å². The number of hydrogen-bond donors (Lipinski definition) is 1. The van der Waals surface area contributed by atoms with Crippen molar-refractivity contribution in [3.8, 4) is 0 Å². The molecule has 2 aromatic rings. The average Bonchev–Trinajstić information content (AvgIpc) is 2.95. The average molecular weight is 275 g/mol. The molecule has 100 valence electrons. The van der Waals surface area contributed by atoms with Gasteiger partial charge in [0, 0.05) is 23.3 Å². The summed E-state index contributed by atoms with van der Waals surface area (Å²) < 4.78 is 0. The Balaban J connectivity index is 1.94. The summed E-state index contributed by atoms with van der Waals surface area (Å²) in [4.78, 5) is 15.8. The monoisotopic (exact) mass is 275 g/mol. The minimum atomic E-state index is 0.259. The second-order valence-electron chi connectivity index (χ2n) is 4.91. The van der Waals surface area contributed by atoms with Crippen molar-refractivity contribution < 1.29 is 0 Å². The van der Waals surface area contributed by atoms with Crippen molar-refractivity contribution in [2.24, 2.45) is 0 Å². The lowest BCUT2D eigenvalue weighted by Crippen LogP contribution is -2.25. The Morgan fingerprint density at radius 1 is 1.26 bits per heavy atom. The number of nitrogens with zero attached hydrogens (tertiary/aromatic N) is 4. The summed E-state index contributed by atoms with van der Waals surface area (Å²) in [6.45, 7) is 4.99. The van der Waals surface area contributed by atoms with Crippen LogP contribution in [0.1, 0.15) is 36.0 Å². The molecule has 0 bridgehead atoms. The second-order valence-corrected chi connectivity index (χ2v) is 5.80.